The Morgan fingerprint density at radius 3 is 2.82 bits per heavy atom. The van der Waals surface area contributed by atoms with E-state index in [0.717, 1.165) is 29.4 Å². The molecular weight excluding hydrogens is 212 g/mol. The third-order valence-corrected chi connectivity index (χ3v) is 2.95. The first-order valence-corrected chi connectivity index (χ1v) is 6.02. The van der Waals surface area contributed by atoms with Gasteiger partial charge in [-0.2, -0.15) is 0 Å². The molecule has 0 radical (unpaired) electrons. The second kappa shape index (κ2) is 5.15. The van der Waals surface area contributed by atoms with E-state index in [0.29, 0.717) is 6.54 Å². The molecule has 0 aliphatic carbocycles. The van der Waals surface area contributed by atoms with Gasteiger partial charge in [0, 0.05) is 19.2 Å². The Morgan fingerprint density at radius 1 is 1.29 bits per heavy atom. The molecular formula is C14H18N2O. The molecule has 2 rings (SSSR count). The third-order valence-electron chi connectivity index (χ3n) is 2.95. The van der Waals surface area contributed by atoms with Crippen LogP contribution in [0.15, 0.2) is 35.1 Å². The van der Waals surface area contributed by atoms with E-state index in [2.05, 4.69) is 12.2 Å². The number of nitrogens with zero attached hydrogens (tertiary/aromatic N) is 1. The van der Waals surface area contributed by atoms with Crippen LogP contribution in [0.5, 0.6) is 0 Å². The summed E-state index contributed by atoms with van der Waals surface area (Å²) < 4.78 is 1.72. The Balaban J connectivity index is 2.43. The molecule has 1 heterocycles. The Morgan fingerprint density at radius 2 is 2.06 bits per heavy atom. The number of aromatic nitrogens is 1. The summed E-state index contributed by atoms with van der Waals surface area (Å²) in [6.45, 7) is 3.70. The predicted molar refractivity (Wildman–Crippen MR) is 71.2 cm³/mol. The van der Waals surface area contributed by atoms with Gasteiger partial charge in [-0.25, -0.2) is 0 Å². The van der Waals surface area contributed by atoms with Crippen molar-refractivity contribution in [3.05, 3.63) is 46.2 Å². The molecule has 0 spiro atoms. The van der Waals surface area contributed by atoms with Gasteiger partial charge in [0.05, 0.1) is 5.52 Å². The number of rotatable bonds is 4. The molecule has 0 unspecified atom stereocenters. The fourth-order valence-electron chi connectivity index (χ4n) is 2.02. The summed E-state index contributed by atoms with van der Waals surface area (Å²) in [6, 6.07) is 9.95. The summed E-state index contributed by atoms with van der Waals surface area (Å²) in [4.78, 5) is 12.1. The van der Waals surface area contributed by atoms with Crippen LogP contribution in [0.3, 0.4) is 0 Å². The van der Waals surface area contributed by atoms with Gasteiger partial charge in [-0.1, -0.05) is 25.1 Å². The lowest BCUT2D eigenvalue weighted by Gasteiger charge is -2.09. The summed E-state index contributed by atoms with van der Waals surface area (Å²) >= 11 is 0. The number of para-hydroxylation sites is 1. The van der Waals surface area contributed by atoms with Gasteiger partial charge in [-0.05, 0) is 30.5 Å². The minimum absolute atomic E-state index is 0.0901. The summed E-state index contributed by atoms with van der Waals surface area (Å²) in [6.07, 6.45) is 1.08. The molecule has 3 heteroatoms. The normalized spacial score (nSPS) is 10.9. The van der Waals surface area contributed by atoms with Gasteiger partial charge in [0.1, 0.15) is 0 Å². The SMILES string of the molecule is CCCNCc1cc2ccccc2n(C)c1=O. The van der Waals surface area contributed by atoms with Crippen LogP contribution in [0.4, 0.5) is 0 Å². The van der Waals surface area contributed by atoms with E-state index in [1.807, 2.05) is 37.4 Å². The first-order valence-electron chi connectivity index (χ1n) is 6.02. The van der Waals surface area contributed by atoms with Crippen LogP contribution in [0.25, 0.3) is 10.9 Å². The van der Waals surface area contributed by atoms with E-state index in [4.69, 9.17) is 0 Å². The van der Waals surface area contributed by atoms with Crippen LogP contribution >= 0.6 is 0 Å². The van der Waals surface area contributed by atoms with E-state index in [1.165, 1.54) is 0 Å². The lowest BCUT2D eigenvalue weighted by atomic mass is 10.1. The van der Waals surface area contributed by atoms with Crippen molar-refractivity contribution in [1.82, 2.24) is 9.88 Å². The quantitative estimate of drug-likeness (QED) is 0.816. The third kappa shape index (κ3) is 2.39. The zero-order chi connectivity index (χ0) is 12.3. The standard InChI is InChI=1S/C14H18N2O/c1-3-8-15-10-12-9-11-6-4-5-7-13(11)16(2)14(12)17/h4-7,9,15H,3,8,10H2,1-2H3. The maximum atomic E-state index is 12.1. The number of fused-ring (bicyclic) bond motifs is 1. The van der Waals surface area contributed by atoms with Gasteiger partial charge in [0.15, 0.2) is 0 Å². The van der Waals surface area contributed by atoms with Gasteiger partial charge in [0.2, 0.25) is 0 Å². The molecule has 1 aromatic carbocycles. The van der Waals surface area contributed by atoms with Gasteiger partial charge >= 0.3 is 0 Å². The molecule has 0 aliphatic rings. The second-order valence-corrected chi connectivity index (χ2v) is 4.27. The highest BCUT2D eigenvalue weighted by molar-refractivity contribution is 5.79. The van der Waals surface area contributed by atoms with Crippen molar-refractivity contribution in [1.29, 1.82) is 0 Å². The molecule has 0 saturated carbocycles. The van der Waals surface area contributed by atoms with Gasteiger partial charge in [-0.15, -0.1) is 0 Å². The largest absolute Gasteiger partial charge is 0.312 e. The molecule has 90 valence electrons. The zero-order valence-corrected chi connectivity index (χ0v) is 10.4. The lowest BCUT2D eigenvalue weighted by Crippen LogP contribution is -2.26. The maximum absolute atomic E-state index is 12.1. The Labute approximate surface area is 101 Å². The number of pyridine rings is 1. The van der Waals surface area contributed by atoms with Crippen LogP contribution in [0.1, 0.15) is 18.9 Å². The Bertz CT molecular complexity index is 572. The molecule has 0 atom stereocenters. The molecule has 2 aromatic rings. The highest BCUT2D eigenvalue weighted by Gasteiger charge is 2.05. The Hall–Kier alpha value is -1.61. The summed E-state index contributed by atoms with van der Waals surface area (Å²) in [5, 5.41) is 4.38. The van der Waals surface area contributed by atoms with Gasteiger partial charge in [0.25, 0.3) is 5.56 Å². The van der Waals surface area contributed by atoms with Gasteiger partial charge in [-0.3, -0.25) is 4.79 Å². The maximum Gasteiger partial charge on any atom is 0.255 e. The molecule has 0 amide bonds. The van der Waals surface area contributed by atoms with Crippen molar-refractivity contribution in [2.45, 2.75) is 19.9 Å². The molecule has 0 bridgehead atoms. The highest BCUT2D eigenvalue weighted by atomic mass is 16.1. The van der Waals surface area contributed by atoms with Crippen LogP contribution in [-0.2, 0) is 13.6 Å². The fraction of sp³-hybridized carbons (Fsp3) is 0.357. The number of hydrogen-bond donors (Lipinski definition) is 1. The molecule has 1 N–H and O–H groups in total. The fourth-order valence-corrected chi connectivity index (χ4v) is 2.02. The molecule has 0 fully saturated rings. The van der Waals surface area contributed by atoms with Crippen LogP contribution in [-0.4, -0.2) is 11.1 Å². The molecule has 17 heavy (non-hydrogen) atoms. The second-order valence-electron chi connectivity index (χ2n) is 4.27. The monoisotopic (exact) mass is 230 g/mol. The predicted octanol–water partition coefficient (Wildman–Crippen LogP) is 2.04. The summed E-state index contributed by atoms with van der Waals surface area (Å²) in [5.41, 5.74) is 1.91. The van der Waals surface area contributed by atoms with Crippen molar-refractivity contribution in [3.8, 4) is 0 Å². The minimum atomic E-state index is 0.0901. The number of nitrogens with one attached hydrogen (secondary N) is 1. The van der Waals surface area contributed by atoms with Crippen LogP contribution in [0, 0.1) is 0 Å². The highest BCUT2D eigenvalue weighted by Crippen LogP contribution is 2.12. The average Bonchev–Trinajstić information content (AvgIpc) is 2.35. The topological polar surface area (TPSA) is 34.0 Å². The van der Waals surface area contributed by atoms with Crippen molar-refractivity contribution >= 4 is 10.9 Å². The van der Waals surface area contributed by atoms with Crippen LogP contribution in [0.2, 0.25) is 0 Å². The lowest BCUT2D eigenvalue weighted by molar-refractivity contribution is 0.666. The smallest absolute Gasteiger partial charge is 0.255 e. The minimum Gasteiger partial charge on any atom is -0.312 e. The first-order chi connectivity index (χ1) is 8.24. The van der Waals surface area contributed by atoms with Crippen molar-refractivity contribution in [3.63, 3.8) is 0 Å². The van der Waals surface area contributed by atoms with Crippen molar-refractivity contribution in [2.75, 3.05) is 6.54 Å². The van der Waals surface area contributed by atoms with Crippen molar-refractivity contribution < 1.29 is 0 Å². The Kier molecular flexibility index (Phi) is 3.59. The average molecular weight is 230 g/mol. The van der Waals surface area contributed by atoms with E-state index in [1.54, 1.807) is 4.57 Å². The zero-order valence-electron chi connectivity index (χ0n) is 10.4. The molecule has 3 nitrogen and oxygen atoms in total. The molecule has 1 aromatic heterocycles. The van der Waals surface area contributed by atoms with Gasteiger partial charge < -0.3 is 9.88 Å². The summed E-state index contributed by atoms with van der Waals surface area (Å²) in [7, 11) is 1.83. The molecule has 0 aliphatic heterocycles. The first kappa shape index (κ1) is 11.9. The van der Waals surface area contributed by atoms with Crippen molar-refractivity contribution in [2.24, 2.45) is 7.05 Å². The number of benzene rings is 1. The molecule has 0 saturated heterocycles. The van der Waals surface area contributed by atoms with E-state index in [-0.39, 0.29) is 5.56 Å². The van der Waals surface area contributed by atoms with E-state index < -0.39 is 0 Å². The number of hydrogen-bond acceptors (Lipinski definition) is 2. The summed E-state index contributed by atoms with van der Waals surface area (Å²) in [5.74, 6) is 0. The van der Waals surface area contributed by atoms with Crippen LogP contribution < -0.4 is 10.9 Å². The van der Waals surface area contributed by atoms with E-state index in [9.17, 15) is 4.79 Å². The van der Waals surface area contributed by atoms with E-state index >= 15 is 0 Å². The number of aryl methyl sites for hydroxylation is 1.